The first-order valence-electron chi connectivity index (χ1n) is 5.93. The molecule has 0 aromatic carbocycles. The molecule has 0 aliphatic rings. The van der Waals surface area contributed by atoms with E-state index >= 15 is 0 Å². The smallest absolute Gasteiger partial charge is 0.353 e. The molecule has 0 bridgehead atoms. The van der Waals surface area contributed by atoms with Gasteiger partial charge in [0.05, 0.1) is 4.92 Å². The first kappa shape index (κ1) is 13.7. The number of rotatable bonds is 5. The summed E-state index contributed by atoms with van der Waals surface area (Å²) in [5.74, 6) is 1.15. The molecule has 0 saturated carbocycles. The van der Waals surface area contributed by atoms with Gasteiger partial charge < -0.3 is 15.2 Å². The molecule has 0 fully saturated rings. The van der Waals surface area contributed by atoms with Gasteiger partial charge in [-0.15, -0.1) is 0 Å². The lowest BCUT2D eigenvalue weighted by Gasteiger charge is -2.10. The Bertz CT molecular complexity index is 624. The summed E-state index contributed by atoms with van der Waals surface area (Å²) in [5.41, 5.74) is -0.234. The molecule has 106 valence electrons. The van der Waals surface area contributed by atoms with Gasteiger partial charge >= 0.3 is 5.69 Å². The largest absolute Gasteiger partial charge is 0.362 e. The van der Waals surface area contributed by atoms with Gasteiger partial charge in [-0.1, -0.05) is 5.16 Å². The summed E-state index contributed by atoms with van der Waals surface area (Å²) >= 11 is 0. The molecule has 9 heteroatoms. The van der Waals surface area contributed by atoms with Gasteiger partial charge in [0.1, 0.15) is 12.1 Å². The molecule has 2 heterocycles. The fourth-order valence-electron chi connectivity index (χ4n) is 1.57. The van der Waals surface area contributed by atoms with E-state index in [0.29, 0.717) is 11.6 Å². The van der Waals surface area contributed by atoms with E-state index in [4.69, 9.17) is 4.52 Å². The maximum atomic E-state index is 11.2. The maximum Gasteiger partial charge on any atom is 0.353 e. The molecule has 0 aliphatic carbocycles. The van der Waals surface area contributed by atoms with Gasteiger partial charge in [0.25, 0.3) is 0 Å². The van der Waals surface area contributed by atoms with Crippen LogP contribution in [-0.2, 0) is 0 Å². The Morgan fingerprint density at radius 3 is 2.60 bits per heavy atom. The van der Waals surface area contributed by atoms with Gasteiger partial charge in [-0.2, -0.15) is 0 Å². The predicted molar refractivity (Wildman–Crippen MR) is 72.0 cm³/mol. The fraction of sp³-hybridized carbons (Fsp3) is 0.364. The zero-order valence-electron chi connectivity index (χ0n) is 11.2. The van der Waals surface area contributed by atoms with Crippen molar-refractivity contribution in [3.8, 4) is 0 Å². The van der Waals surface area contributed by atoms with E-state index in [-0.39, 0.29) is 23.4 Å². The highest BCUT2D eigenvalue weighted by molar-refractivity contribution is 5.72. The third-order valence-electron chi connectivity index (χ3n) is 2.30. The SMILES string of the molecule is Cc1cc(Nc2ncnc(NC(C)C)c2[N+](=O)[O-])no1. The Kier molecular flexibility index (Phi) is 3.78. The second-order valence-electron chi connectivity index (χ2n) is 4.42. The lowest BCUT2D eigenvalue weighted by molar-refractivity contribution is -0.383. The van der Waals surface area contributed by atoms with E-state index in [1.165, 1.54) is 6.33 Å². The van der Waals surface area contributed by atoms with Crippen LogP contribution in [0, 0.1) is 17.0 Å². The van der Waals surface area contributed by atoms with E-state index in [1.54, 1.807) is 13.0 Å². The van der Waals surface area contributed by atoms with Crippen molar-refractivity contribution in [2.24, 2.45) is 0 Å². The first-order valence-corrected chi connectivity index (χ1v) is 5.93. The summed E-state index contributed by atoms with van der Waals surface area (Å²) in [4.78, 5) is 18.5. The number of aryl methyl sites for hydroxylation is 1. The van der Waals surface area contributed by atoms with E-state index in [1.807, 2.05) is 13.8 Å². The Balaban J connectivity index is 2.39. The van der Waals surface area contributed by atoms with Crippen LogP contribution >= 0.6 is 0 Å². The standard InChI is InChI=1S/C11H14N6O3/c1-6(2)14-10-9(17(18)19)11(13-5-12-10)15-8-4-7(3)20-16-8/h4-6H,1-3H3,(H2,12,13,14,15,16). The minimum absolute atomic E-state index is 0.00532. The molecule has 9 nitrogen and oxygen atoms in total. The van der Waals surface area contributed by atoms with E-state index in [9.17, 15) is 10.1 Å². The van der Waals surface area contributed by atoms with E-state index in [0.717, 1.165) is 0 Å². The van der Waals surface area contributed by atoms with Crippen LogP contribution in [0.4, 0.5) is 23.1 Å². The molecule has 0 amide bonds. The predicted octanol–water partition coefficient (Wildman–Crippen LogP) is 2.25. The number of hydrogen-bond donors (Lipinski definition) is 2. The number of hydrogen-bond acceptors (Lipinski definition) is 8. The van der Waals surface area contributed by atoms with Gasteiger partial charge in [-0.05, 0) is 20.8 Å². The molecule has 0 atom stereocenters. The molecule has 2 aromatic heterocycles. The average Bonchev–Trinajstić information content (AvgIpc) is 2.73. The molecular weight excluding hydrogens is 264 g/mol. The highest BCUT2D eigenvalue weighted by Crippen LogP contribution is 2.31. The summed E-state index contributed by atoms with van der Waals surface area (Å²) in [7, 11) is 0. The van der Waals surface area contributed by atoms with Crippen molar-refractivity contribution >= 4 is 23.1 Å². The lowest BCUT2D eigenvalue weighted by Crippen LogP contribution is -2.14. The fourth-order valence-corrected chi connectivity index (χ4v) is 1.57. The molecule has 0 spiro atoms. The monoisotopic (exact) mass is 278 g/mol. The van der Waals surface area contributed by atoms with Crippen LogP contribution in [0.2, 0.25) is 0 Å². The highest BCUT2D eigenvalue weighted by atomic mass is 16.6. The molecule has 2 N–H and O–H groups in total. The number of anilines is 3. The van der Waals surface area contributed by atoms with Crippen molar-refractivity contribution in [3.05, 3.63) is 28.3 Å². The van der Waals surface area contributed by atoms with Crippen molar-refractivity contribution in [1.29, 1.82) is 0 Å². The quantitative estimate of drug-likeness (QED) is 0.631. The molecule has 0 unspecified atom stereocenters. The van der Waals surface area contributed by atoms with Crippen molar-refractivity contribution in [3.63, 3.8) is 0 Å². The molecule has 0 saturated heterocycles. The summed E-state index contributed by atoms with van der Waals surface area (Å²) in [5, 5.41) is 20.6. The summed E-state index contributed by atoms with van der Waals surface area (Å²) in [6.07, 6.45) is 1.24. The van der Waals surface area contributed by atoms with Gasteiger partial charge in [0.2, 0.25) is 11.6 Å². The minimum atomic E-state index is -0.542. The number of nitro groups is 1. The van der Waals surface area contributed by atoms with Gasteiger partial charge in [-0.3, -0.25) is 10.1 Å². The number of nitrogens with zero attached hydrogens (tertiary/aromatic N) is 4. The molecule has 2 aromatic rings. The molecule has 2 rings (SSSR count). The number of nitrogens with one attached hydrogen (secondary N) is 2. The van der Waals surface area contributed by atoms with Crippen LogP contribution in [0.1, 0.15) is 19.6 Å². The van der Waals surface area contributed by atoms with Crippen molar-refractivity contribution in [1.82, 2.24) is 15.1 Å². The van der Waals surface area contributed by atoms with E-state index < -0.39 is 4.92 Å². The zero-order chi connectivity index (χ0) is 14.7. The summed E-state index contributed by atoms with van der Waals surface area (Å²) in [6.45, 7) is 5.44. The van der Waals surface area contributed by atoms with Crippen LogP contribution < -0.4 is 10.6 Å². The second kappa shape index (κ2) is 5.51. The van der Waals surface area contributed by atoms with Gasteiger partial charge in [0, 0.05) is 12.1 Å². The average molecular weight is 278 g/mol. The minimum Gasteiger partial charge on any atom is -0.362 e. The van der Waals surface area contributed by atoms with Crippen molar-refractivity contribution < 1.29 is 9.45 Å². The highest BCUT2D eigenvalue weighted by Gasteiger charge is 2.24. The van der Waals surface area contributed by atoms with Crippen LogP contribution in [-0.4, -0.2) is 26.1 Å². The Labute approximate surface area is 114 Å². The van der Waals surface area contributed by atoms with Gasteiger partial charge in [-0.25, -0.2) is 9.97 Å². The van der Waals surface area contributed by atoms with Crippen LogP contribution in [0.25, 0.3) is 0 Å². The van der Waals surface area contributed by atoms with Crippen LogP contribution in [0.3, 0.4) is 0 Å². The molecular formula is C11H14N6O3. The summed E-state index contributed by atoms with van der Waals surface area (Å²) < 4.78 is 4.89. The normalized spacial score (nSPS) is 10.6. The first-order chi connectivity index (χ1) is 9.47. The lowest BCUT2D eigenvalue weighted by atomic mass is 10.3. The van der Waals surface area contributed by atoms with Crippen LogP contribution in [0.5, 0.6) is 0 Å². The summed E-state index contributed by atoms with van der Waals surface area (Å²) in [6, 6.07) is 1.62. The van der Waals surface area contributed by atoms with Crippen LogP contribution in [0.15, 0.2) is 16.9 Å². The Hall–Kier alpha value is -2.71. The molecule has 0 radical (unpaired) electrons. The second-order valence-corrected chi connectivity index (χ2v) is 4.42. The van der Waals surface area contributed by atoms with E-state index in [2.05, 4.69) is 25.8 Å². The topological polar surface area (TPSA) is 119 Å². The Morgan fingerprint density at radius 1 is 1.35 bits per heavy atom. The van der Waals surface area contributed by atoms with Crippen molar-refractivity contribution in [2.45, 2.75) is 26.8 Å². The zero-order valence-corrected chi connectivity index (χ0v) is 11.2. The third kappa shape index (κ3) is 2.99. The van der Waals surface area contributed by atoms with Gasteiger partial charge in [0.15, 0.2) is 5.82 Å². The maximum absolute atomic E-state index is 11.2. The number of aromatic nitrogens is 3. The van der Waals surface area contributed by atoms with Crippen molar-refractivity contribution in [2.75, 3.05) is 10.6 Å². The third-order valence-corrected chi connectivity index (χ3v) is 2.30. The molecule has 0 aliphatic heterocycles. The Morgan fingerprint density at radius 2 is 2.05 bits per heavy atom. The molecule has 20 heavy (non-hydrogen) atoms.